The van der Waals surface area contributed by atoms with Gasteiger partial charge in [-0.1, -0.05) is 71.6 Å². The fraction of sp³-hybridized carbons (Fsp3) is 0.440. The molecule has 0 aliphatic rings. The maximum atomic E-state index is 11.0. The summed E-state index contributed by atoms with van der Waals surface area (Å²) in [5.74, 6) is -1.72. The van der Waals surface area contributed by atoms with Crippen molar-refractivity contribution in [3.8, 4) is 0 Å². The van der Waals surface area contributed by atoms with E-state index in [1.807, 2.05) is 0 Å². The Labute approximate surface area is 197 Å². The number of carboxylic acids is 1. The SMILES string of the molecule is C=CC(=O)OCC(CC)CCCC.C=CCOC(=O)C(=C)CC=CC(=O)O.C=COC(C)=O. The summed E-state index contributed by atoms with van der Waals surface area (Å²) in [7, 11) is 0. The summed E-state index contributed by atoms with van der Waals surface area (Å²) in [5, 5.41) is 8.26. The van der Waals surface area contributed by atoms with Crippen LogP contribution in [0.5, 0.6) is 0 Å². The van der Waals surface area contributed by atoms with Crippen molar-refractivity contribution in [2.24, 2.45) is 5.92 Å². The van der Waals surface area contributed by atoms with Crippen molar-refractivity contribution in [2.75, 3.05) is 13.2 Å². The quantitative estimate of drug-likeness (QED) is 0.126. The van der Waals surface area contributed by atoms with Crippen molar-refractivity contribution in [2.45, 2.75) is 52.9 Å². The van der Waals surface area contributed by atoms with Crippen molar-refractivity contribution < 1.29 is 38.5 Å². The van der Waals surface area contributed by atoms with E-state index in [2.05, 4.69) is 49.6 Å². The summed E-state index contributed by atoms with van der Waals surface area (Å²) in [6.07, 6.45) is 10.8. The normalized spacial score (nSPS) is 10.2. The number of ether oxygens (including phenoxy) is 3. The molecule has 0 fully saturated rings. The average molecular weight is 467 g/mol. The van der Waals surface area contributed by atoms with Gasteiger partial charge in [-0.25, -0.2) is 14.4 Å². The smallest absolute Gasteiger partial charge is 0.334 e. The molecule has 1 atom stereocenters. The number of unbranched alkanes of at least 4 members (excludes halogenated alkanes) is 1. The van der Waals surface area contributed by atoms with Crippen LogP contribution < -0.4 is 0 Å². The first-order chi connectivity index (χ1) is 15.6. The van der Waals surface area contributed by atoms with E-state index < -0.39 is 11.9 Å². The first-order valence-electron chi connectivity index (χ1n) is 10.5. The highest BCUT2D eigenvalue weighted by Gasteiger charge is 2.07. The molecule has 186 valence electrons. The van der Waals surface area contributed by atoms with Crippen LogP contribution in [-0.2, 0) is 33.4 Å². The minimum atomic E-state index is -1.06. The molecule has 0 saturated heterocycles. The molecule has 0 radical (unpaired) electrons. The second-order valence-corrected chi connectivity index (χ2v) is 6.46. The number of esters is 3. The van der Waals surface area contributed by atoms with Gasteiger partial charge in [-0.15, -0.1) is 0 Å². The van der Waals surface area contributed by atoms with E-state index in [-0.39, 0.29) is 30.5 Å². The van der Waals surface area contributed by atoms with E-state index >= 15 is 0 Å². The molecule has 0 heterocycles. The van der Waals surface area contributed by atoms with E-state index in [1.54, 1.807) is 0 Å². The Kier molecular flexibility index (Phi) is 25.7. The molecular weight excluding hydrogens is 428 g/mol. The van der Waals surface area contributed by atoms with E-state index in [9.17, 15) is 19.2 Å². The number of carbonyl (C=O) groups excluding carboxylic acids is 3. The van der Waals surface area contributed by atoms with Gasteiger partial charge in [-0.05, 0) is 18.8 Å². The van der Waals surface area contributed by atoms with Crippen LogP contribution in [0.15, 0.2) is 62.5 Å². The lowest BCUT2D eigenvalue weighted by Crippen LogP contribution is -2.12. The zero-order valence-corrected chi connectivity index (χ0v) is 20.0. The first-order valence-corrected chi connectivity index (χ1v) is 10.5. The second-order valence-electron chi connectivity index (χ2n) is 6.46. The van der Waals surface area contributed by atoms with E-state index in [1.165, 1.54) is 38.0 Å². The summed E-state index contributed by atoms with van der Waals surface area (Å²) in [4.78, 5) is 41.6. The van der Waals surface area contributed by atoms with Crippen molar-refractivity contribution in [1.82, 2.24) is 0 Å². The zero-order valence-electron chi connectivity index (χ0n) is 20.0. The minimum Gasteiger partial charge on any atom is -0.478 e. The molecule has 1 N–H and O–H groups in total. The third-order valence-corrected chi connectivity index (χ3v) is 3.67. The summed E-state index contributed by atoms with van der Waals surface area (Å²) < 4.78 is 13.8. The van der Waals surface area contributed by atoms with Crippen LogP contribution in [-0.4, -0.2) is 42.2 Å². The monoisotopic (exact) mass is 466 g/mol. The highest BCUT2D eigenvalue weighted by Crippen LogP contribution is 2.12. The summed E-state index contributed by atoms with van der Waals surface area (Å²) >= 11 is 0. The van der Waals surface area contributed by atoms with Crippen molar-refractivity contribution in [1.29, 1.82) is 0 Å². The number of aliphatic carboxylic acids is 1. The van der Waals surface area contributed by atoms with E-state index in [0.29, 0.717) is 12.5 Å². The molecule has 0 aromatic carbocycles. The van der Waals surface area contributed by atoms with E-state index in [4.69, 9.17) is 9.84 Å². The summed E-state index contributed by atoms with van der Waals surface area (Å²) in [6, 6.07) is 0. The van der Waals surface area contributed by atoms with Crippen LogP contribution in [0.1, 0.15) is 52.9 Å². The molecule has 0 saturated carbocycles. The van der Waals surface area contributed by atoms with Gasteiger partial charge in [0.05, 0.1) is 12.9 Å². The van der Waals surface area contributed by atoms with Gasteiger partial charge in [0, 0.05) is 24.6 Å². The molecule has 0 aliphatic carbocycles. The molecule has 8 nitrogen and oxygen atoms in total. The number of hydrogen-bond acceptors (Lipinski definition) is 7. The zero-order chi connectivity index (χ0) is 26.1. The molecule has 8 heteroatoms. The Hall–Kier alpha value is -3.42. The van der Waals surface area contributed by atoms with Gasteiger partial charge in [-0.3, -0.25) is 4.79 Å². The number of carboxylic acid groups (broad SMARTS) is 1. The van der Waals surface area contributed by atoms with Crippen molar-refractivity contribution >= 4 is 23.9 Å². The topological polar surface area (TPSA) is 116 Å². The van der Waals surface area contributed by atoms with Gasteiger partial charge in [0.1, 0.15) is 6.61 Å². The maximum absolute atomic E-state index is 11.0. The van der Waals surface area contributed by atoms with Crippen LogP contribution in [0.2, 0.25) is 0 Å². The van der Waals surface area contributed by atoms with Crippen LogP contribution in [0.25, 0.3) is 0 Å². The molecule has 0 rings (SSSR count). The molecular formula is C25H38O8. The Morgan fingerprint density at radius 2 is 1.70 bits per heavy atom. The molecule has 0 bridgehead atoms. The minimum absolute atomic E-state index is 0.125. The van der Waals surface area contributed by atoms with Gasteiger partial charge in [0.25, 0.3) is 0 Å². The Morgan fingerprint density at radius 3 is 2.09 bits per heavy atom. The molecule has 0 amide bonds. The molecule has 33 heavy (non-hydrogen) atoms. The van der Waals surface area contributed by atoms with Crippen molar-refractivity contribution in [3.05, 3.63) is 62.5 Å². The second kappa shape index (κ2) is 24.8. The van der Waals surface area contributed by atoms with Crippen LogP contribution >= 0.6 is 0 Å². The van der Waals surface area contributed by atoms with Crippen LogP contribution in [0.4, 0.5) is 0 Å². The van der Waals surface area contributed by atoms with Gasteiger partial charge < -0.3 is 19.3 Å². The lowest BCUT2D eigenvalue weighted by molar-refractivity contribution is -0.139. The lowest BCUT2D eigenvalue weighted by atomic mass is 10.0. The number of hydrogen-bond donors (Lipinski definition) is 1. The Morgan fingerprint density at radius 1 is 1.06 bits per heavy atom. The fourth-order valence-electron chi connectivity index (χ4n) is 1.90. The van der Waals surface area contributed by atoms with Crippen molar-refractivity contribution in [3.63, 3.8) is 0 Å². The lowest BCUT2D eigenvalue weighted by Gasteiger charge is -2.13. The Balaban J connectivity index is -0.000000441. The van der Waals surface area contributed by atoms with E-state index in [0.717, 1.165) is 25.2 Å². The number of allylic oxidation sites excluding steroid dienone is 1. The third kappa shape index (κ3) is 28.6. The molecule has 0 aromatic heterocycles. The first kappa shape index (κ1) is 34.2. The van der Waals surface area contributed by atoms with Gasteiger partial charge >= 0.3 is 23.9 Å². The predicted molar refractivity (Wildman–Crippen MR) is 128 cm³/mol. The summed E-state index contributed by atoms with van der Waals surface area (Å²) in [6.45, 7) is 19.6. The maximum Gasteiger partial charge on any atom is 0.334 e. The molecule has 0 aliphatic heterocycles. The highest BCUT2D eigenvalue weighted by atomic mass is 16.5. The van der Waals surface area contributed by atoms with Crippen LogP contribution in [0, 0.1) is 5.92 Å². The standard InChI is InChI=1S/C11H20O2.C10H12O4.C4H6O2/c1-4-7-8-10(5-2)9-13-11(12)6-3;1-3-7-14-10(13)8(2)5-4-6-9(11)12;1-3-6-4(2)5/h6,10H,3-5,7-9H2,1-2H3;3-4,6H,1-2,5,7H2,(H,11,12);3H,1H2,2H3. The average Bonchev–Trinajstić information content (AvgIpc) is 2.77. The number of carbonyl (C=O) groups is 4. The van der Waals surface area contributed by atoms with Crippen LogP contribution in [0.3, 0.4) is 0 Å². The summed E-state index contributed by atoms with van der Waals surface area (Å²) in [5.41, 5.74) is 0.212. The molecule has 0 aromatic rings. The van der Waals surface area contributed by atoms with Gasteiger partial charge in [0.15, 0.2) is 0 Å². The largest absolute Gasteiger partial charge is 0.478 e. The third-order valence-electron chi connectivity index (χ3n) is 3.67. The predicted octanol–water partition coefficient (Wildman–Crippen LogP) is 4.93. The highest BCUT2D eigenvalue weighted by molar-refractivity contribution is 5.88. The molecule has 0 spiro atoms. The van der Waals surface area contributed by atoms with Gasteiger partial charge in [0.2, 0.25) is 0 Å². The number of rotatable bonds is 14. The fourth-order valence-corrected chi connectivity index (χ4v) is 1.90. The molecule has 1 unspecified atom stereocenters. The Bertz CT molecular complexity index is 661. The van der Waals surface area contributed by atoms with Gasteiger partial charge in [-0.2, -0.15) is 0 Å².